The second kappa shape index (κ2) is 12.9. The summed E-state index contributed by atoms with van der Waals surface area (Å²) in [6.07, 6.45) is -3.27. The molecular weight excluding hydrogens is 491 g/mol. The maximum Gasteiger partial charge on any atom is 0.348 e. The van der Waals surface area contributed by atoms with Gasteiger partial charge in [0, 0.05) is 6.42 Å². The molecule has 0 aliphatic carbocycles. The largest absolute Gasteiger partial charge is 0.450 e. The van der Waals surface area contributed by atoms with Crippen molar-refractivity contribution < 1.29 is 28.6 Å². The van der Waals surface area contributed by atoms with E-state index in [4.69, 9.17) is 37.4 Å². The van der Waals surface area contributed by atoms with E-state index in [-0.39, 0.29) is 6.42 Å². The summed E-state index contributed by atoms with van der Waals surface area (Å²) in [5, 5.41) is 0. The molecule has 3 aromatic rings. The molecule has 0 aliphatic heterocycles. The van der Waals surface area contributed by atoms with Gasteiger partial charge in [0.1, 0.15) is 0 Å². The molecule has 0 aromatic heterocycles. The van der Waals surface area contributed by atoms with E-state index in [9.17, 15) is 14.4 Å². The minimum Gasteiger partial charge on any atom is -0.450 e. The summed E-state index contributed by atoms with van der Waals surface area (Å²) in [5.74, 6) is -2.67. The zero-order valence-electron chi connectivity index (χ0n) is 18.9. The number of carbonyl (C=O) groups is 3. The summed E-state index contributed by atoms with van der Waals surface area (Å²) in [7, 11) is 0. The molecule has 0 bridgehead atoms. The molecule has 0 aliphatic rings. The van der Waals surface area contributed by atoms with E-state index < -0.39 is 41.1 Å². The molecular formula is C27H24Cl2O6. The molecule has 182 valence electrons. The normalized spacial score (nSPS) is 12.6. The number of hydrogen-bond donors (Lipinski definition) is 0. The van der Waals surface area contributed by atoms with Crippen molar-refractivity contribution in [2.75, 3.05) is 0 Å². The lowest BCUT2D eigenvalue weighted by atomic mass is 10.0. The highest BCUT2D eigenvalue weighted by Crippen LogP contribution is 2.27. The van der Waals surface area contributed by atoms with Crippen LogP contribution < -0.4 is 0 Å². The Morgan fingerprint density at radius 1 is 0.657 bits per heavy atom. The minimum atomic E-state index is -1.45. The first kappa shape index (κ1) is 26.3. The van der Waals surface area contributed by atoms with E-state index >= 15 is 0 Å². The Labute approximate surface area is 213 Å². The lowest BCUT2D eigenvalue weighted by Gasteiger charge is -2.24. The SMILES string of the molecule is C[C@H](OC(=O)C(Cl)Cl)C(=O)O[C@@H](Cc1ccccc1)C(=O)OC(c1ccccc1)c1ccccc1. The zero-order chi connectivity index (χ0) is 25.2. The van der Waals surface area contributed by atoms with Crippen molar-refractivity contribution in [3.05, 3.63) is 108 Å². The van der Waals surface area contributed by atoms with E-state index in [1.54, 1.807) is 12.1 Å². The number of carbonyl (C=O) groups excluding carboxylic acids is 3. The first-order valence-electron chi connectivity index (χ1n) is 10.9. The second-order valence-electron chi connectivity index (χ2n) is 7.63. The van der Waals surface area contributed by atoms with Gasteiger partial charge in [-0.25, -0.2) is 14.4 Å². The predicted molar refractivity (Wildman–Crippen MR) is 132 cm³/mol. The summed E-state index contributed by atoms with van der Waals surface area (Å²) in [4.78, 5) is 36.2. The first-order chi connectivity index (χ1) is 16.8. The van der Waals surface area contributed by atoms with Gasteiger partial charge in [-0.3, -0.25) is 0 Å². The van der Waals surface area contributed by atoms with E-state index in [1.165, 1.54) is 6.92 Å². The molecule has 0 spiro atoms. The third-order valence-corrected chi connectivity index (χ3v) is 5.38. The molecule has 0 saturated carbocycles. The van der Waals surface area contributed by atoms with Gasteiger partial charge in [-0.1, -0.05) is 114 Å². The Morgan fingerprint density at radius 3 is 1.63 bits per heavy atom. The van der Waals surface area contributed by atoms with Crippen LogP contribution in [0.5, 0.6) is 0 Å². The molecule has 0 N–H and O–H groups in total. The van der Waals surface area contributed by atoms with E-state index in [1.807, 2.05) is 78.9 Å². The van der Waals surface area contributed by atoms with Crippen LogP contribution in [0.3, 0.4) is 0 Å². The van der Waals surface area contributed by atoms with Crippen molar-refractivity contribution in [1.82, 2.24) is 0 Å². The van der Waals surface area contributed by atoms with Crippen molar-refractivity contribution in [2.24, 2.45) is 0 Å². The molecule has 2 atom stereocenters. The minimum absolute atomic E-state index is 0.0655. The maximum absolute atomic E-state index is 13.3. The first-order valence-corrected chi connectivity index (χ1v) is 11.8. The van der Waals surface area contributed by atoms with Crippen molar-refractivity contribution >= 4 is 41.1 Å². The van der Waals surface area contributed by atoms with Crippen LogP contribution in [0.2, 0.25) is 0 Å². The van der Waals surface area contributed by atoms with Gasteiger partial charge in [-0.05, 0) is 23.6 Å². The van der Waals surface area contributed by atoms with Gasteiger partial charge in [0.15, 0.2) is 12.2 Å². The van der Waals surface area contributed by atoms with Gasteiger partial charge >= 0.3 is 17.9 Å². The molecule has 35 heavy (non-hydrogen) atoms. The Balaban J connectivity index is 1.83. The Morgan fingerprint density at radius 2 is 1.14 bits per heavy atom. The van der Waals surface area contributed by atoms with Crippen molar-refractivity contribution in [2.45, 2.75) is 36.5 Å². The lowest BCUT2D eigenvalue weighted by molar-refractivity contribution is -0.178. The summed E-state index contributed by atoms with van der Waals surface area (Å²) < 4.78 is 16.2. The van der Waals surface area contributed by atoms with Crippen molar-refractivity contribution in [3.8, 4) is 0 Å². The highest BCUT2D eigenvalue weighted by Gasteiger charge is 2.32. The standard InChI is InChI=1S/C27H24Cl2O6/c1-18(33-27(32)24(28)29)25(30)34-22(17-19-11-5-2-6-12-19)26(31)35-23(20-13-7-3-8-14-20)21-15-9-4-10-16-21/h2-16,18,22-24H,17H2,1H3/t18-,22-/m0/s1. The molecule has 6 nitrogen and oxygen atoms in total. The number of esters is 3. The molecule has 0 fully saturated rings. The summed E-state index contributed by atoms with van der Waals surface area (Å²) in [6.45, 7) is 1.30. The number of alkyl halides is 2. The lowest BCUT2D eigenvalue weighted by Crippen LogP contribution is -2.37. The number of hydrogen-bond acceptors (Lipinski definition) is 6. The van der Waals surface area contributed by atoms with Crippen LogP contribution in [0.1, 0.15) is 29.7 Å². The number of ether oxygens (including phenoxy) is 3. The third-order valence-electron chi connectivity index (χ3n) is 5.03. The van der Waals surface area contributed by atoms with Crippen LogP contribution in [0.15, 0.2) is 91.0 Å². The monoisotopic (exact) mass is 514 g/mol. The number of rotatable bonds is 10. The van der Waals surface area contributed by atoms with E-state index in [2.05, 4.69) is 0 Å². The molecule has 0 saturated heterocycles. The van der Waals surface area contributed by atoms with Crippen LogP contribution in [0.4, 0.5) is 0 Å². The Hall–Kier alpha value is -3.35. The fraction of sp³-hybridized carbons (Fsp3) is 0.222. The highest BCUT2D eigenvalue weighted by molar-refractivity contribution is 6.52. The quantitative estimate of drug-likeness (QED) is 0.210. The molecule has 0 amide bonds. The zero-order valence-corrected chi connectivity index (χ0v) is 20.4. The fourth-order valence-corrected chi connectivity index (χ4v) is 3.39. The fourth-order valence-electron chi connectivity index (χ4n) is 3.29. The predicted octanol–water partition coefficient (Wildman–Crippen LogP) is 5.21. The molecule has 0 unspecified atom stereocenters. The van der Waals surface area contributed by atoms with Crippen LogP contribution in [-0.4, -0.2) is 35.0 Å². The number of halogens is 2. The Bertz CT molecular complexity index is 1070. The third kappa shape index (κ3) is 7.84. The smallest absolute Gasteiger partial charge is 0.348 e. The van der Waals surface area contributed by atoms with Gasteiger partial charge < -0.3 is 14.2 Å². The van der Waals surface area contributed by atoms with Crippen LogP contribution >= 0.6 is 23.2 Å². The molecule has 3 aromatic carbocycles. The molecule has 0 heterocycles. The van der Waals surface area contributed by atoms with Crippen LogP contribution in [0.25, 0.3) is 0 Å². The van der Waals surface area contributed by atoms with E-state index in [0.29, 0.717) is 0 Å². The van der Waals surface area contributed by atoms with Crippen molar-refractivity contribution in [1.29, 1.82) is 0 Å². The van der Waals surface area contributed by atoms with Crippen LogP contribution in [-0.2, 0) is 35.0 Å². The van der Waals surface area contributed by atoms with Gasteiger partial charge in [-0.2, -0.15) is 0 Å². The Kier molecular flexibility index (Phi) is 9.70. The van der Waals surface area contributed by atoms with Crippen molar-refractivity contribution in [3.63, 3.8) is 0 Å². The average Bonchev–Trinajstić information content (AvgIpc) is 2.88. The summed E-state index contributed by atoms with van der Waals surface area (Å²) >= 11 is 11.0. The molecule has 3 rings (SSSR count). The van der Waals surface area contributed by atoms with E-state index in [0.717, 1.165) is 16.7 Å². The summed E-state index contributed by atoms with van der Waals surface area (Å²) in [6, 6.07) is 27.5. The van der Waals surface area contributed by atoms with Gasteiger partial charge in [0.2, 0.25) is 10.9 Å². The average molecular weight is 515 g/mol. The molecule has 8 heteroatoms. The van der Waals surface area contributed by atoms with Gasteiger partial charge in [-0.15, -0.1) is 0 Å². The highest BCUT2D eigenvalue weighted by atomic mass is 35.5. The summed E-state index contributed by atoms with van der Waals surface area (Å²) in [5.41, 5.74) is 2.27. The van der Waals surface area contributed by atoms with Gasteiger partial charge in [0.25, 0.3) is 0 Å². The van der Waals surface area contributed by atoms with Crippen LogP contribution in [0, 0.1) is 0 Å². The molecule has 0 radical (unpaired) electrons. The maximum atomic E-state index is 13.3. The topological polar surface area (TPSA) is 78.9 Å². The van der Waals surface area contributed by atoms with Gasteiger partial charge in [0.05, 0.1) is 0 Å². The number of benzene rings is 3. The second-order valence-corrected chi connectivity index (χ2v) is 8.73.